The van der Waals surface area contributed by atoms with Crippen molar-refractivity contribution < 1.29 is 41.0 Å². The molecule has 30 heavy (non-hydrogen) atoms. The normalized spacial score (nSPS) is 19.9. The maximum Gasteiger partial charge on any atom is 0.490 e. The Morgan fingerprint density at radius 2 is 1.90 bits per heavy atom. The molecule has 9 nitrogen and oxygen atoms in total. The zero-order valence-electron chi connectivity index (χ0n) is 16.1. The van der Waals surface area contributed by atoms with Gasteiger partial charge in [-0.15, -0.1) is 0 Å². The molecule has 1 aromatic rings. The molecule has 0 atom stereocenters. The molecule has 0 saturated carbocycles. The predicted molar refractivity (Wildman–Crippen MR) is 97.7 cm³/mol. The third-order valence-corrected chi connectivity index (χ3v) is 6.06. The number of halogens is 3. The van der Waals surface area contributed by atoms with Crippen molar-refractivity contribution in [2.24, 2.45) is 0 Å². The Morgan fingerprint density at radius 1 is 1.30 bits per heavy atom. The van der Waals surface area contributed by atoms with E-state index in [1.807, 2.05) is 18.2 Å². The van der Waals surface area contributed by atoms with Crippen molar-refractivity contribution in [3.8, 4) is 0 Å². The van der Waals surface area contributed by atoms with Gasteiger partial charge in [0.05, 0.1) is 30.6 Å². The van der Waals surface area contributed by atoms with Gasteiger partial charge in [0.15, 0.2) is 0 Å². The Hall–Kier alpha value is -2.25. The summed E-state index contributed by atoms with van der Waals surface area (Å²) in [6, 6.07) is 5.63. The van der Waals surface area contributed by atoms with Crippen LogP contribution in [0.5, 0.6) is 0 Å². The minimum Gasteiger partial charge on any atom is -0.475 e. The van der Waals surface area contributed by atoms with Crippen molar-refractivity contribution in [3.63, 3.8) is 0 Å². The van der Waals surface area contributed by atoms with Crippen molar-refractivity contribution >= 4 is 21.9 Å². The van der Waals surface area contributed by atoms with E-state index in [0.717, 1.165) is 5.69 Å². The number of aromatic nitrogens is 1. The number of alkyl halides is 3. The molecule has 1 N–H and O–H groups in total. The third-order valence-electron chi connectivity index (χ3n) is 4.76. The van der Waals surface area contributed by atoms with Crippen LogP contribution in [0, 0.1) is 0 Å². The van der Waals surface area contributed by atoms with Crippen LogP contribution in [0.1, 0.15) is 18.5 Å². The van der Waals surface area contributed by atoms with Crippen molar-refractivity contribution in [3.05, 3.63) is 30.1 Å². The number of amides is 1. The fraction of sp³-hybridized carbons (Fsp3) is 0.588. The van der Waals surface area contributed by atoms with Crippen LogP contribution in [0.25, 0.3) is 0 Å². The smallest absolute Gasteiger partial charge is 0.475 e. The summed E-state index contributed by atoms with van der Waals surface area (Å²) >= 11 is 0. The summed E-state index contributed by atoms with van der Waals surface area (Å²) in [6.45, 7) is 1.86. The molecule has 168 valence electrons. The lowest BCUT2D eigenvalue weighted by atomic mass is 9.90. The van der Waals surface area contributed by atoms with Crippen LogP contribution in [0.4, 0.5) is 13.2 Å². The highest BCUT2D eigenvalue weighted by Gasteiger charge is 2.43. The van der Waals surface area contributed by atoms with Crippen LogP contribution in [-0.4, -0.2) is 83.9 Å². The Labute approximate surface area is 171 Å². The Morgan fingerprint density at radius 3 is 2.37 bits per heavy atom. The molecule has 0 aliphatic carbocycles. The first-order chi connectivity index (χ1) is 13.8. The molecule has 1 spiro atoms. The number of carbonyl (C=O) groups is 2. The quantitative estimate of drug-likeness (QED) is 0.722. The molecule has 3 rings (SSSR count). The number of carbonyl (C=O) groups excluding carboxylic acids is 1. The number of carboxylic acids is 1. The number of carboxylic acid groups (broad SMARTS) is 1. The van der Waals surface area contributed by atoms with E-state index in [4.69, 9.17) is 14.6 Å². The molecule has 1 amide bonds. The lowest BCUT2D eigenvalue weighted by Crippen LogP contribution is -2.58. The van der Waals surface area contributed by atoms with E-state index in [0.29, 0.717) is 39.0 Å². The van der Waals surface area contributed by atoms with E-state index < -0.39 is 27.8 Å². The van der Waals surface area contributed by atoms with E-state index in [1.54, 1.807) is 11.1 Å². The number of morpholine rings is 1. The maximum atomic E-state index is 12.1. The van der Waals surface area contributed by atoms with Crippen LogP contribution in [0.2, 0.25) is 0 Å². The number of ether oxygens (including phenoxy) is 1. The lowest BCUT2D eigenvalue weighted by Gasteiger charge is -2.46. The molecule has 2 aliphatic rings. The predicted octanol–water partition coefficient (Wildman–Crippen LogP) is 0.868. The topological polar surface area (TPSA) is 117 Å². The van der Waals surface area contributed by atoms with Gasteiger partial charge < -0.3 is 14.7 Å². The van der Waals surface area contributed by atoms with E-state index in [2.05, 4.69) is 4.98 Å². The van der Waals surface area contributed by atoms with Crippen molar-refractivity contribution in [1.29, 1.82) is 0 Å². The van der Waals surface area contributed by atoms with Gasteiger partial charge in [-0.1, -0.05) is 6.07 Å². The van der Waals surface area contributed by atoms with Gasteiger partial charge in [0.25, 0.3) is 0 Å². The van der Waals surface area contributed by atoms with Crippen LogP contribution in [0.3, 0.4) is 0 Å². The first-order valence-electron chi connectivity index (χ1n) is 8.89. The first kappa shape index (κ1) is 24.0. The van der Waals surface area contributed by atoms with Crippen molar-refractivity contribution in [2.45, 2.75) is 31.2 Å². The summed E-state index contributed by atoms with van der Waals surface area (Å²) in [6.07, 6.45) is -0.942. The molecule has 1 aromatic heterocycles. The third kappa shape index (κ3) is 6.64. The summed E-state index contributed by atoms with van der Waals surface area (Å²) in [7, 11) is -3.17. The van der Waals surface area contributed by atoms with E-state index in [-0.39, 0.29) is 12.5 Å². The summed E-state index contributed by atoms with van der Waals surface area (Å²) in [5.74, 6) is -2.81. The van der Waals surface area contributed by atoms with Gasteiger partial charge in [-0.25, -0.2) is 17.5 Å². The molecule has 2 fully saturated rings. The standard InChI is InChI=1S/C15H21N3O4S.C2HF3O2/c1-23(20,21)18-8-5-15(6-9-18)12-17(14(19)11-22-15)10-13-4-2-3-7-16-13;3-2(4,5)1(6)7/h2-4,7H,5-6,8-12H2,1H3;(H,6,7). The molecule has 3 heterocycles. The van der Waals surface area contributed by atoms with Crippen molar-refractivity contribution in [1.82, 2.24) is 14.2 Å². The van der Waals surface area contributed by atoms with Crippen LogP contribution >= 0.6 is 0 Å². The number of pyridine rings is 1. The largest absolute Gasteiger partial charge is 0.490 e. The number of rotatable bonds is 3. The van der Waals surface area contributed by atoms with Gasteiger partial charge in [-0.3, -0.25) is 9.78 Å². The van der Waals surface area contributed by atoms with E-state index in [1.165, 1.54) is 10.6 Å². The minimum atomic E-state index is -5.08. The van der Waals surface area contributed by atoms with Crippen LogP contribution < -0.4 is 0 Å². The summed E-state index contributed by atoms with van der Waals surface area (Å²) in [5.41, 5.74) is 0.399. The lowest BCUT2D eigenvalue weighted by molar-refractivity contribution is -0.192. The summed E-state index contributed by atoms with van der Waals surface area (Å²) < 4.78 is 62.3. The van der Waals surface area contributed by atoms with Gasteiger partial charge in [0.1, 0.15) is 6.61 Å². The second-order valence-electron chi connectivity index (χ2n) is 7.01. The van der Waals surface area contributed by atoms with Gasteiger partial charge in [-0.2, -0.15) is 13.2 Å². The average Bonchev–Trinajstić information content (AvgIpc) is 2.65. The van der Waals surface area contributed by atoms with Gasteiger partial charge >= 0.3 is 12.1 Å². The molecule has 2 saturated heterocycles. The van der Waals surface area contributed by atoms with Crippen molar-refractivity contribution in [2.75, 3.05) is 32.5 Å². The molecule has 13 heteroatoms. The molecule has 2 aliphatic heterocycles. The molecular formula is C17H22F3N3O6S. The number of hydrogen-bond acceptors (Lipinski definition) is 6. The molecular weight excluding hydrogens is 431 g/mol. The SMILES string of the molecule is CS(=O)(=O)N1CCC2(CC1)CN(Cc1ccccn1)C(=O)CO2.O=C(O)C(F)(F)F. The Kier molecular flexibility index (Phi) is 7.42. The average molecular weight is 453 g/mol. The first-order valence-corrected chi connectivity index (χ1v) is 10.7. The molecule has 0 radical (unpaired) electrons. The number of aliphatic carboxylic acids is 1. The van der Waals surface area contributed by atoms with E-state index >= 15 is 0 Å². The zero-order chi connectivity index (χ0) is 22.6. The highest BCUT2D eigenvalue weighted by atomic mass is 32.2. The van der Waals surface area contributed by atoms with Gasteiger partial charge in [0.2, 0.25) is 15.9 Å². The molecule has 0 aromatic carbocycles. The summed E-state index contributed by atoms with van der Waals surface area (Å²) in [4.78, 5) is 27.0. The number of piperidine rings is 1. The Bertz CT molecular complexity index is 855. The highest BCUT2D eigenvalue weighted by molar-refractivity contribution is 7.88. The van der Waals surface area contributed by atoms with Gasteiger partial charge in [-0.05, 0) is 25.0 Å². The fourth-order valence-corrected chi connectivity index (χ4v) is 3.99. The second kappa shape index (κ2) is 9.27. The number of sulfonamides is 1. The number of hydrogen-bond donors (Lipinski definition) is 1. The minimum absolute atomic E-state index is 0.0473. The zero-order valence-corrected chi connectivity index (χ0v) is 16.9. The maximum absolute atomic E-state index is 12.1. The monoisotopic (exact) mass is 453 g/mol. The Balaban J connectivity index is 0.000000396. The fourth-order valence-electron chi connectivity index (χ4n) is 3.15. The van der Waals surface area contributed by atoms with Crippen LogP contribution in [-0.2, 0) is 30.9 Å². The highest BCUT2D eigenvalue weighted by Crippen LogP contribution is 2.31. The van der Waals surface area contributed by atoms with E-state index in [9.17, 15) is 26.4 Å². The van der Waals surface area contributed by atoms with Gasteiger partial charge in [0, 0.05) is 19.3 Å². The number of nitrogens with zero attached hydrogens (tertiary/aromatic N) is 3. The molecule has 0 bridgehead atoms. The van der Waals surface area contributed by atoms with Crippen LogP contribution in [0.15, 0.2) is 24.4 Å². The molecule has 0 unspecified atom stereocenters. The summed E-state index contributed by atoms with van der Waals surface area (Å²) in [5, 5.41) is 7.12. The second-order valence-corrected chi connectivity index (χ2v) is 8.99.